The van der Waals surface area contributed by atoms with E-state index in [2.05, 4.69) is 19.8 Å². The van der Waals surface area contributed by atoms with Crippen molar-refractivity contribution in [3.63, 3.8) is 0 Å². The zero-order valence-corrected chi connectivity index (χ0v) is 18.0. The van der Waals surface area contributed by atoms with Crippen LogP contribution < -0.4 is 8.32 Å². The van der Waals surface area contributed by atoms with Gasteiger partial charge in [0, 0.05) is 0 Å². The molecule has 0 aliphatic carbocycles. The van der Waals surface area contributed by atoms with Crippen molar-refractivity contribution in [1.82, 2.24) is 4.98 Å². The van der Waals surface area contributed by atoms with Crippen molar-refractivity contribution in [2.75, 3.05) is 0 Å². The number of hydrogen-bond donors (Lipinski definition) is 0. The maximum absolute atomic E-state index is 12.2. The Labute approximate surface area is 146 Å². The van der Waals surface area contributed by atoms with Crippen LogP contribution in [0.15, 0.2) is 24.4 Å². The SMILES string of the molecule is CC(C)(C)OC(=O)Oc1[c]([Sn]([CH3])([CH3])[CH3])cc(Cl)c2cccnc12. The maximum atomic E-state index is 12.2. The molecule has 0 fully saturated rings. The number of rotatable bonds is 2. The Morgan fingerprint density at radius 3 is 2.48 bits per heavy atom. The molecule has 0 N–H and O–H groups in total. The van der Waals surface area contributed by atoms with E-state index in [1.54, 1.807) is 27.0 Å². The van der Waals surface area contributed by atoms with Gasteiger partial charge < -0.3 is 0 Å². The van der Waals surface area contributed by atoms with Gasteiger partial charge in [-0.1, -0.05) is 0 Å². The molecule has 23 heavy (non-hydrogen) atoms. The van der Waals surface area contributed by atoms with Crippen LogP contribution in [0, 0.1) is 0 Å². The van der Waals surface area contributed by atoms with E-state index in [-0.39, 0.29) is 0 Å². The summed E-state index contributed by atoms with van der Waals surface area (Å²) in [6.07, 6.45) is 0.950. The van der Waals surface area contributed by atoms with E-state index in [1.165, 1.54) is 0 Å². The van der Waals surface area contributed by atoms with Gasteiger partial charge in [0.15, 0.2) is 0 Å². The molecule has 0 aliphatic heterocycles. The second-order valence-electron chi connectivity index (χ2n) is 7.45. The van der Waals surface area contributed by atoms with Gasteiger partial charge in [-0.05, 0) is 0 Å². The zero-order valence-electron chi connectivity index (χ0n) is 14.4. The molecule has 0 spiro atoms. The third-order valence-corrected chi connectivity index (χ3v) is 9.16. The van der Waals surface area contributed by atoms with Gasteiger partial charge in [-0.3, -0.25) is 0 Å². The average Bonchev–Trinajstić information content (AvgIpc) is 2.38. The van der Waals surface area contributed by atoms with Crippen LogP contribution in [0.2, 0.25) is 19.8 Å². The predicted molar refractivity (Wildman–Crippen MR) is 96.6 cm³/mol. The first-order valence-electron chi connectivity index (χ1n) is 7.47. The van der Waals surface area contributed by atoms with E-state index in [0.717, 1.165) is 8.97 Å². The number of carbonyl (C=O) groups is 1. The van der Waals surface area contributed by atoms with E-state index in [4.69, 9.17) is 21.1 Å². The minimum atomic E-state index is -2.60. The number of aromatic nitrogens is 1. The van der Waals surface area contributed by atoms with E-state index < -0.39 is 30.1 Å². The third kappa shape index (κ3) is 4.50. The van der Waals surface area contributed by atoms with Crippen LogP contribution in [-0.4, -0.2) is 35.1 Å². The fourth-order valence-electron chi connectivity index (χ4n) is 2.19. The molecule has 124 valence electrons. The number of fused-ring (bicyclic) bond motifs is 1. The molecule has 0 radical (unpaired) electrons. The minimum absolute atomic E-state index is 0.488. The number of carbonyl (C=O) groups excluding carboxylic acids is 1. The van der Waals surface area contributed by atoms with Gasteiger partial charge in [0.25, 0.3) is 0 Å². The molecule has 0 amide bonds. The summed E-state index contributed by atoms with van der Waals surface area (Å²) in [6, 6.07) is 5.60. The summed E-state index contributed by atoms with van der Waals surface area (Å²) in [6.45, 7) is 5.41. The number of halogens is 1. The van der Waals surface area contributed by atoms with E-state index in [9.17, 15) is 4.79 Å². The molecule has 4 nitrogen and oxygen atoms in total. The van der Waals surface area contributed by atoms with Crippen LogP contribution >= 0.6 is 11.6 Å². The summed E-state index contributed by atoms with van der Waals surface area (Å²) in [7, 11) is 0. The van der Waals surface area contributed by atoms with E-state index in [1.807, 2.05) is 18.2 Å². The Balaban J connectivity index is 2.60. The first kappa shape index (κ1) is 18.3. The van der Waals surface area contributed by atoms with Crippen LogP contribution in [0.3, 0.4) is 0 Å². The zero-order chi connectivity index (χ0) is 17.4. The fraction of sp³-hybridized carbons (Fsp3) is 0.412. The van der Waals surface area contributed by atoms with Gasteiger partial charge >= 0.3 is 146 Å². The summed E-state index contributed by atoms with van der Waals surface area (Å²) in [5, 5.41) is 1.40. The van der Waals surface area contributed by atoms with Gasteiger partial charge in [0.05, 0.1) is 0 Å². The Morgan fingerprint density at radius 2 is 1.91 bits per heavy atom. The van der Waals surface area contributed by atoms with Crippen LogP contribution in [0.1, 0.15) is 20.8 Å². The number of nitrogens with zero attached hydrogens (tertiary/aromatic N) is 1. The molecule has 0 unspecified atom stereocenters. The molecule has 6 heteroatoms. The second-order valence-corrected chi connectivity index (χ2v) is 22.2. The molecule has 0 aliphatic rings. The van der Waals surface area contributed by atoms with Gasteiger partial charge in [-0.15, -0.1) is 0 Å². The first-order valence-corrected chi connectivity index (χ1v) is 17.8. The number of benzene rings is 1. The van der Waals surface area contributed by atoms with Crippen LogP contribution in [0.4, 0.5) is 4.79 Å². The topological polar surface area (TPSA) is 48.4 Å². The van der Waals surface area contributed by atoms with E-state index >= 15 is 0 Å². The molecular weight excluding hydrogens is 420 g/mol. The van der Waals surface area contributed by atoms with Crippen molar-refractivity contribution in [2.45, 2.75) is 41.2 Å². The fourth-order valence-corrected chi connectivity index (χ4v) is 6.79. The Kier molecular flexibility index (Phi) is 5.16. The molecular formula is C17H22ClNO3Sn. The summed E-state index contributed by atoms with van der Waals surface area (Å²) < 4.78 is 11.9. The van der Waals surface area contributed by atoms with Gasteiger partial charge in [-0.25, -0.2) is 0 Å². The standard InChI is InChI=1S/C14H13ClNO3.3CH3.Sn/c1-14(2,3)19-13(17)18-11-7-6-10(15)9-5-4-8-16-12(9)11;;;;/h4-6,8H,1-3H3;3*1H3;. The molecule has 1 heterocycles. The number of hydrogen-bond acceptors (Lipinski definition) is 4. The Morgan fingerprint density at radius 1 is 1.26 bits per heavy atom. The summed E-state index contributed by atoms with van der Waals surface area (Å²) in [4.78, 5) is 23.2. The van der Waals surface area contributed by atoms with E-state index in [0.29, 0.717) is 16.3 Å². The molecule has 0 atom stereocenters. The second kappa shape index (κ2) is 6.47. The molecule has 0 saturated heterocycles. The van der Waals surface area contributed by atoms with Crippen LogP contribution in [0.25, 0.3) is 10.9 Å². The summed E-state index contributed by atoms with van der Waals surface area (Å²) in [5.41, 5.74) is -0.00903. The van der Waals surface area contributed by atoms with Crippen molar-refractivity contribution in [1.29, 1.82) is 0 Å². The molecule has 1 aromatic carbocycles. The van der Waals surface area contributed by atoms with Gasteiger partial charge in [0.2, 0.25) is 0 Å². The monoisotopic (exact) mass is 443 g/mol. The van der Waals surface area contributed by atoms with Crippen molar-refractivity contribution in [3.8, 4) is 5.75 Å². The van der Waals surface area contributed by atoms with Crippen LogP contribution in [0.5, 0.6) is 5.75 Å². The van der Waals surface area contributed by atoms with Crippen molar-refractivity contribution < 1.29 is 14.3 Å². The molecule has 2 aromatic rings. The number of ether oxygens (including phenoxy) is 2. The molecule has 0 saturated carbocycles. The van der Waals surface area contributed by atoms with Gasteiger partial charge in [-0.2, -0.15) is 0 Å². The van der Waals surface area contributed by atoms with Crippen molar-refractivity contribution in [2.24, 2.45) is 0 Å². The third-order valence-electron chi connectivity index (χ3n) is 3.18. The van der Waals surface area contributed by atoms with Gasteiger partial charge in [0.1, 0.15) is 0 Å². The molecule has 2 rings (SSSR count). The Hall–Kier alpha value is -1.01. The Bertz CT molecular complexity index is 748. The molecule has 1 aromatic heterocycles. The quantitative estimate of drug-likeness (QED) is 0.383. The van der Waals surface area contributed by atoms with Crippen molar-refractivity contribution in [3.05, 3.63) is 29.4 Å². The van der Waals surface area contributed by atoms with Crippen molar-refractivity contribution >= 4 is 50.6 Å². The summed E-state index contributed by atoms with van der Waals surface area (Å²) in [5.74, 6) is 0.488. The first-order chi connectivity index (χ1) is 10.5. The number of pyridine rings is 1. The normalized spacial score (nSPS) is 12.3. The van der Waals surface area contributed by atoms with Crippen LogP contribution in [-0.2, 0) is 4.74 Å². The average molecular weight is 443 g/mol. The molecule has 0 bridgehead atoms. The summed E-state index contributed by atoms with van der Waals surface area (Å²) >= 11 is 3.81. The predicted octanol–water partition coefficient (Wildman–Crippen LogP) is 4.75.